The molecule has 1 heterocycles. The number of rotatable bonds is 3. The third-order valence-corrected chi connectivity index (χ3v) is 7.63. The van der Waals surface area contributed by atoms with Gasteiger partial charge in [-0.15, -0.1) is 0 Å². The molecule has 0 saturated heterocycles. The van der Waals surface area contributed by atoms with Gasteiger partial charge in [0.05, 0.1) is 5.69 Å². The van der Waals surface area contributed by atoms with E-state index in [1.165, 1.54) is 38.1 Å². The Labute approximate surface area is 219 Å². The first-order valence-corrected chi connectivity index (χ1v) is 12.9. The van der Waals surface area contributed by atoms with Crippen LogP contribution in [0.3, 0.4) is 0 Å². The number of fused-ring (bicyclic) bond motifs is 8. The summed E-state index contributed by atoms with van der Waals surface area (Å²) in [6.45, 7) is 0. The number of hydrogen-bond donors (Lipinski definition) is 1. The van der Waals surface area contributed by atoms with E-state index >= 15 is 0 Å². The zero-order valence-electron chi connectivity index (χ0n) is 20.6. The van der Waals surface area contributed by atoms with Gasteiger partial charge in [0.2, 0.25) is 0 Å². The molecule has 0 spiro atoms. The molecular weight excluding hydrogens is 462 g/mol. The molecule has 38 heavy (non-hydrogen) atoms. The van der Waals surface area contributed by atoms with Crippen LogP contribution in [-0.2, 0) is 0 Å². The number of hydrogen-bond acceptors (Lipinski definition) is 2. The van der Waals surface area contributed by atoms with Crippen LogP contribution < -0.4 is 5.32 Å². The smallest absolute Gasteiger partial charge is 0.158 e. The quantitative estimate of drug-likeness (QED) is 0.252. The maximum Gasteiger partial charge on any atom is 0.158 e. The zero-order chi connectivity index (χ0) is 25.1. The molecule has 2 heteroatoms. The predicted octanol–water partition coefficient (Wildman–Crippen LogP) is 10.5. The van der Waals surface area contributed by atoms with Crippen molar-refractivity contribution in [2.75, 3.05) is 5.32 Å². The maximum absolute atomic E-state index is 6.49. The topological polar surface area (TPSA) is 25.2 Å². The molecule has 8 aromatic rings. The molecule has 0 unspecified atom stereocenters. The van der Waals surface area contributed by atoms with E-state index < -0.39 is 0 Å². The van der Waals surface area contributed by atoms with Crippen LogP contribution >= 0.6 is 0 Å². The molecule has 2 nitrogen and oxygen atoms in total. The minimum Gasteiger partial charge on any atom is -0.453 e. The summed E-state index contributed by atoms with van der Waals surface area (Å²) < 4.78 is 6.49. The summed E-state index contributed by atoms with van der Waals surface area (Å²) in [6.07, 6.45) is 0. The molecule has 1 aromatic heterocycles. The molecule has 8 rings (SSSR count). The number of nitrogens with one attached hydrogen (secondary N) is 1. The number of para-hydroxylation sites is 1. The van der Waals surface area contributed by atoms with E-state index in [2.05, 4.69) is 139 Å². The lowest BCUT2D eigenvalue weighted by Gasteiger charge is -2.12. The molecule has 7 aromatic carbocycles. The van der Waals surface area contributed by atoms with Crippen LogP contribution in [0.1, 0.15) is 0 Å². The van der Waals surface area contributed by atoms with Gasteiger partial charge in [0.1, 0.15) is 5.58 Å². The first kappa shape index (κ1) is 21.0. The van der Waals surface area contributed by atoms with Crippen molar-refractivity contribution in [3.05, 3.63) is 133 Å². The molecule has 0 aliphatic rings. The molecular formula is C36H23NO. The fourth-order valence-electron chi connectivity index (χ4n) is 5.81. The van der Waals surface area contributed by atoms with E-state index in [0.717, 1.165) is 38.7 Å². The zero-order valence-corrected chi connectivity index (χ0v) is 20.6. The molecule has 0 amide bonds. The van der Waals surface area contributed by atoms with Crippen LogP contribution in [0.25, 0.3) is 65.4 Å². The highest BCUT2D eigenvalue weighted by Gasteiger charge is 2.14. The first-order chi connectivity index (χ1) is 18.8. The second-order valence-corrected chi connectivity index (χ2v) is 9.84. The Morgan fingerprint density at radius 3 is 1.92 bits per heavy atom. The van der Waals surface area contributed by atoms with Gasteiger partial charge in [-0.25, -0.2) is 0 Å². The minimum absolute atomic E-state index is 0.878. The Bertz CT molecular complexity index is 2150. The molecule has 0 radical (unpaired) electrons. The number of furan rings is 1. The van der Waals surface area contributed by atoms with Crippen molar-refractivity contribution in [1.82, 2.24) is 0 Å². The lowest BCUT2D eigenvalue weighted by atomic mass is 9.93. The second-order valence-electron chi connectivity index (χ2n) is 9.84. The van der Waals surface area contributed by atoms with Gasteiger partial charge in [0.15, 0.2) is 5.58 Å². The summed E-state index contributed by atoms with van der Waals surface area (Å²) in [5.74, 6) is 0. The summed E-state index contributed by atoms with van der Waals surface area (Å²) in [5.41, 5.74) is 6.25. The van der Waals surface area contributed by atoms with E-state index in [4.69, 9.17) is 4.42 Å². The lowest BCUT2D eigenvalue weighted by molar-refractivity contribution is 0.674. The highest BCUT2D eigenvalue weighted by Crippen LogP contribution is 2.39. The van der Waals surface area contributed by atoms with E-state index in [-0.39, 0.29) is 0 Å². The van der Waals surface area contributed by atoms with E-state index in [9.17, 15) is 0 Å². The van der Waals surface area contributed by atoms with Gasteiger partial charge in [-0.1, -0.05) is 103 Å². The minimum atomic E-state index is 0.878. The summed E-state index contributed by atoms with van der Waals surface area (Å²) in [6, 6.07) is 47.3. The standard InChI is InChI=1S/C36H23NO/c1-4-11-28-23(8-1)18-21-32-31-14-7-15-34(36(31)38-35(28)32)37-26-19-16-24(17-20-26)33-22-25-9-2-3-10-27(25)29-12-5-6-13-30(29)33/h1-22,37H. The largest absolute Gasteiger partial charge is 0.453 e. The van der Waals surface area contributed by atoms with Crippen molar-refractivity contribution in [1.29, 1.82) is 0 Å². The van der Waals surface area contributed by atoms with Gasteiger partial charge in [-0.05, 0) is 68.4 Å². The SMILES string of the molecule is c1ccc2c(c1)cc(-c1ccc(Nc3cccc4c3oc3c5ccccc5ccc43)cc1)c1ccccc12. The highest BCUT2D eigenvalue weighted by atomic mass is 16.3. The fraction of sp³-hybridized carbons (Fsp3) is 0. The average molecular weight is 486 g/mol. The maximum atomic E-state index is 6.49. The van der Waals surface area contributed by atoms with E-state index in [1.54, 1.807) is 0 Å². The molecule has 0 aliphatic heterocycles. The van der Waals surface area contributed by atoms with Crippen molar-refractivity contribution >= 4 is 65.6 Å². The van der Waals surface area contributed by atoms with Gasteiger partial charge in [-0.2, -0.15) is 0 Å². The van der Waals surface area contributed by atoms with Crippen LogP contribution in [0.15, 0.2) is 138 Å². The Morgan fingerprint density at radius 1 is 0.421 bits per heavy atom. The van der Waals surface area contributed by atoms with Gasteiger partial charge in [0, 0.05) is 21.8 Å². The number of anilines is 2. The third-order valence-electron chi connectivity index (χ3n) is 7.63. The Balaban J connectivity index is 1.21. The summed E-state index contributed by atoms with van der Waals surface area (Å²) in [4.78, 5) is 0. The van der Waals surface area contributed by atoms with Crippen molar-refractivity contribution in [3.8, 4) is 11.1 Å². The summed E-state index contributed by atoms with van der Waals surface area (Å²) in [5, 5.41) is 13.3. The van der Waals surface area contributed by atoms with Crippen LogP contribution in [0, 0.1) is 0 Å². The molecule has 0 fully saturated rings. The number of benzene rings is 7. The summed E-state index contributed by atoms with van der Waals surface area (Å²) in [7, 11) is 0. The van der Waals surface area contributed by atoms with Gasteiger partial charge < -0.3 is 9.73 Å². The van der Waals surface area contributed by atoms with Crippen LogP contribution in [0.4, 0.5) is 11.4 Å². The molecule has 1 N–H and O–H groups in total. The van der Waals surface area contributed by atoms with Crippen LogP contribution in [0.5, 0.6) is 0 Å². The second kappa shape index (κ2) is 8.22. The fourth-order valence-corrected chi connectivity index (χ4v) is 5.81. The van der Waals surface area contributed by atoms with Crippen LogP contribution in [-0.4, -0.2) is 0 Å². The Kier molecular flexibility index (Phi) is 4.55. The Morgan fingerprint density at radius 2 is 1.08 bits per heavy atom. The van der Waals surface area contributed by atoms with Gasteiger partial charge >= 0.3 is 0 Å². The van der Waals surface area contributed by atoms with Gasteiger partial charge in [0.25, 0.3) is 0 Å². The predicted molar refractivity (Wildman–Crippen MR) is 161 cm³/mol. The lowest BCUT2D eigenvalue weighted by Crippen LogP contribution is -1.91. The Hall–Kier alpha value is -5.08. The van der Waals surface area contributed by atoms with Crippen molar-refractivity contribution in [2.24, 2.45) is 0 Å². The van der Waals surface area contributed by atoms with Crippen molar-refractivity contribution < 1.29 is 4.42 Å². The molecule has 0 aliphatic carbocycles. The van der Waals surface area contributed by atoms with E-state index in [0.29, 0.717) is 0 Å². The van der Waals surface area contributed by atoms with Gasteiger partial charge in [-0.3, -0.25) is 0 Å². The summed E-state index contributed by atoms with van der Waals surface area (Å²) >= 11 is 0. The molecule has 0 bridgehead atoms. The highest BCUT2D eigenvalue weighted by molar-refractivity contribution is 6.17. The van der Waals surface area contributed by atoms with Crippen molar-refractivity contribution in [2.45, 2.75) is 0 Å². The first-order valence-electron chi connectivity index (χ1n) is 12.9. The molecule has 178 valence electrons. The van der Waals surface area contributed by atoms with Crippen molar-refractivity contribution in [3.63, 3.8) is 0 Å². The average Bonchev–Trinajstić information content (AvgIpc) is 3.38. The third kappa shape index (κ3) is 3.21. The molecule has 0 saturated carbocycles. The van der Waals surface area contributed by atoms with Crippen LogP contribution in [0.2, 0.25) is 0 Å². The normalized spacial score (nSPS) is 11.7. The molecule has 0 atom stereocenters. The monoisotopic (exact) mass is 485 g/mol. The van der Waals surface area contributed by atoms with E-state index in [1.807, 2.05) is 0 Å².